The van der Waals surface area contributed by atoms with Crippen molar-refractivity contribution in [3.05, 3.63) is 15.6 Å². The van der Waals surface area contributed by atoms with Crippen LogP contribution in [-0.2, 0) is 28.9 Å². The molecule has 4 rings (SSSR count). The molecule has 2 aliphatic carbocycles. The van der Waals surface area contributed by atoms with E-state index in [1.165, 1.54) is 11.3 Å². The number of thiazole rings is 1. The van der Waals surface area contributed by atoms with E-state index in [2.05, 4.69) is 0 Å². The van der Waals surface area contributed by atoms with Gasteiger partial charge < -0.3 is 15.5 Å². The van der Waals surface area contributed by atoms with Gasteiger partial charge in [0.05, 0.1) is 18.2 Å². The highest BCUT2D eigenvalue weighted by Gasteiger charge is 2.35. The number of likely N-dealkylation sites (tertiary alicyclic amines) is 1. The molecular formula is C20H30N4O2S. The molecule has 2 amide bonds. The average molecular weight is 391 g/mol. The fourth-order valence-electron chi connectivity index (χ4n) is 4.43. The first-order chi connectivity index (χ1) is 13.0. The third-order valence-electron chi connectivity index (χ3n) is 6.55. The summed E-state index contributed by atoms with van der Waals surface area (Å²) in [7, 11) is 1.90. The van der Waals surface area contributed by atoms with Crippen molar-refractivity contribution in [1.29, 1.82) is 0 Å². The fraction of sp³-hybridized carbons (Fsp3) is 0.750. The maximum absolute atomic E-state index is 12.7. The number of fused-ring (bicyclic) bond motifs is 1. The van der Waals surface area contributed by atoms with Crippen molar-refractivity contribution in [2.45, 2.75) is 69.9 Å². The second kappa shape index (κ2) is 7.87. The van der Waals surface area contributed by atoms with Crippen LogP contribution in [0, 0.1) is 5.92 Å². The summed E-state index contributed by atoms with van der Waals surface area (Å²) in [6.45, 7) is 1.77. The molecule has 0 bridgehead atoms. The number of hydrogen-bond donors (Lipinski definition) is 1. The Kier molecular flexibility index (Phi) is 5.50. The maximum atomic E-state index is 12.7. The number of amides is 2. The third kappa shape index (κ3) is 3.90. The van der Waals surface area contributed by atoms with Crippen LogP contribution in [0.1, 0.15) is 54.1 Å². The first kappa shape index (κ1) is 18.9. The number of nitrogens with two attached hydrogens (primary N) is 1. The Bertz CT molecular complexity index is 709. The number of aromatic nitrogens is 1. The topological polar surface area (TPSA) is 79.5 Å². The molecule has 2 fully saturated rings. The predicted molar refractivity (Wildman–Crippen MR) is 106 cm³/mol. The lowest BCUT2D eigenvalue weighted by Gasteiger charge is -2.38. The minimum Gasteiger partial charge on any atom is -0.342 e. The Morgan fingerprint density at radius 1 is 1.26 bits per heavy atom. The van der Waals surface area contributed by atoms with Gasteiger partial charge >= 0.3 is 0 Å². The number of likely N-dealkylation sites (N-methyl/N-ethyl adjacent to an activating group) is 1. The van der Waals surface area contributed by atoms with Gasteiger partial charge in [0.1, 0.15) is 5.01 Å². The van der Waals surface area contributed by atoms with Gasteiger partial charge in [0.2, 0.25) is 11.8 Å². The lowest BCUT2D eigenvalue weighted by atomic mass is 9.84. The zero-order valence-electron chi connectivity index (χ0n) is 16.2. The van der Waals surface area contributed by atoms with Crippen LogP contribution in [0.2, 0.25) is 0 Å². The minimum absolute atomic E-state index is 0.0853. The molecule has 6 nitrogen and oxygen atoms in total. The molecule has 2 heterocycles. The fourth-order valence-corrected chi connectivity index (χ4v) is 5.63. The Hall–Kier alpha value is -1.47. The third-order valence-corrected chi connectivity index (χ3v) is 7.67. The molecule has 2 unspecified atom stereocenters. The summed E-state index contributed by atoms with van der Waals surface area (Å²) in [5.74, 6) is 0.460. The van der Waals surface area contributed by atoms with E-state index < -0.39 is 6.04 Å². The molecule has 1 aliphatic heterocycles. The molecule has 1 aromatic heterocycles. The highest BCUT2D eigenvalue weighted by atomic mass is 32.1. The molecule has 7 heteroatoms. The van der Waals surface area contributed by atoms with Crippen LogP contribution in [0.4, 0.5) is 0 Å². The first-order valence-electron chi connectivity index (χ1n) is 10.3. The van der Waals surface area contributed by atoms with Crippen LogP contribution in [-0.4, -0.2) is 58.8 Å². The van der Waals surface area contributed by atoms with Crippen molar-refractivity contribution in [2.24, 2.45) is 11.7 Å². The Balaban J connectivity index is 1.37. The van der Waals surface area contributed by atoms with Crippen LogP contribution < -0.4 is 5.73 Å². The molecule has 1 saturated carbocycles. The van der Waals surface area contributed by atoms with Gasteiger partial charge in [0.25, 0.3) is 0 Å². The summed E-state index contributed by atoms with van der Waals surface area (Å²) >= 11 is 1.65. The van der Waals surface area contributed by atoms with Gasteiger partial charge in [-0.2, -0.15) is 0 Å². The summed E-state index contributed by atoms with van der Waals surface area (Å²) < 4.78 is 0. The van der Waals surface area contributed by atoms with E-state index in [1.54, 1.807) is 11.3 Å². The average Bonchev–Trinajstić information content (AvgIpc) is 3.27. The summed E-state index contributed by atoms with van der Waals surface area (Å²) in [4.78, 5) is 34.9. The van der Waals surface area contributed by atoms with Crippen molar-refractivity contribution in [3.8, 4) is 0 Å². The molecule has 2 atom stereocenters. The molecule has 27 heavy (non-hydrogen) atoms. The van der Waals surface area contributed by atoms with Gasteiger partial charge in [-0.1, -0.05) is 0 Å². The number of aryl methyl sites for hydroxylation is 1. The number of rotatable bonds is 5. The van der Waals surface area contributed by atoms with E-state index >= 15 is 0 Å². The van der Waals surface area contributed by atoms with Gasteiger partial charge in [-0.05, 0) is 57.3 Å². The Morgan fingerprint density at radius 3 is 2.67 bits per heavy atom. The second-order valence-electron chi connectivity index (χ2n) is 8.30. The lowest BCUT2D eigenvalue weighted by Crippen LogP contribution is -2.52. The van der Waals surface area contributed by atoms with Crippen molar-refractivity contribution in [1.82, 2.24) is 14.8 Å². The van der Waals surface area contributed by atoms with Gasteiger partial charge in [-0.25, -0.2) is 4.98 Å². The van der Waals surface area contributed by atoms with E-state index in [0.717, 1.165) is 68.7 Å². The standard InChI is InChI=1S/C20H30N4O2S/c1-23(14-5-4-6-14)20(26)19(21)13-7-8-15-16(11-13)27-17(22-15)12-18(25)24-9-2-3-10-24/h13-14,19H,2-12,21H2,1H3. The normalized spacial score (nSPS) is 23.6. The molecule has 0 aromatic carbocycles. The largest absolute Gasteiger partial charge is 0.342 e. The number of hydrogen-bond acceptors (Lipinski definition) is 5. The lowest BCUT2D eigenvalue weighted by molar-refractivity contribution is -0.136. The Morgan fingerprint density at radius 2 is 2.00 bits per heavy atom. The zero-order chi connectivity index (χ0) is 19.0. The molecule has 0 radical (unpaired) electrons. The van der Waals surface area contributed by atoms with E-state index in [9.17, 15) is 9.59 Å². The summed E-state index contributed by atoms with van der Waals surface area (Å²) in [5, 5.41) is 0.920. The van der Waals surface area contributed by atoms with Crippen LogP contribution in [0.15, 0.2) is 0 Å². The van der Waals surface area contributed by atoms with E-state index in [4.69, 9.17) is 10.7 Å². The van der Waals surface area contributed by atoms with Crippen LogP contribution in [0.25, 0.3) is 0 Å². The monoisotopic (exact) mass is 390 g/mol. The summed E-state index contributed by atoms with van der Waals surface area (Å²) in [6, 6.07) is -0.0464. The predicted octanol–water partition coefficient (Wildman–Crippen LogP) is 1.75. The number of carbonyl (C=O) groups is 2. The number of carbonyl (C=O) groups excluding carboxylic acids is 2. The van der Waals surface area contributed by atoms with Gasteiger partial charge in [-0.15, -0.1) is 11.3 Å². The highest BCUT2D eigenvalue weighted by molar-refractivity contribution is 7.11. The van der Waals surface area contributed by atoms with Gasteiger partial charge in [-0.3, -0.25) is 9.59 Å². The smallest absolute Gasteiger partial charge is 0.239 e. The van der Waals surface area contributed by atoms with Gasteiger partial charge in [0, 0.05) is 31.1 Å². The molecule has 148 valence electrons. The van der Waals surface area contributed by atoms with Crippen molar-refractivity contribution < 1.29 is 9.59 Å². The molecule has 2 N–H and O–H groups in total. The number of nitrogens with zero attached hydrogens (tertiary/aromatic N) is 3. The zero-order valence-corrected chi connectivity index (χ0v) is 17.0. The van der Waals surface area contributed by atoms with E-state index in [1.807, 2.05) is 16.8 Å². The quantitative estimate of drug-likeness (QED) is 0.831. The molecule has 1 saturated heterocycles. The van der Waals surface area contributed by atoms with Crippen molar-refractivity contribution >= 4 is 23.2 Å². The first-order valence-corrected chi connectivity index (χ1v) is 11.1. The van der Waals surface area contributed by atoms with Gasteiger partial charge in [0.15, 0.2) is 0 Å². The van der Waals surface area contributed by atoms with Crippen LogP contribution in [0.3, 0.4) is 0 Å². The molecule has 3 aliphatic rings. The second-order valence-corrected chi connectivity index (χ2v) is 9.47. The maximum Gasteiger partial charge on any atom is 0.239 e. The SMILES string of the molecule is CN(C(=O)C(N)C1CCc2nc(CC(=O)N3CCCC3)sc2C1)C1CCC1. The molecule has 0 spiro atoms. The van der Waals surface area contributed by atoms with E-state index in [0.29, 0.717) is 12.5 Å². The summed E-state index contributed by atoms with van der Waals surface area (Å²) in [6.07, 6.45) is 8.65. The minimum atomic E-state index is -0.430. The van der Waals surface area contributed by atoms with Crippen LogP contribution >= 0.6 is 11.3 Å². The molecule has 1 aromatic rings. The van der Waals surface area contributed by atoms with Crippen LogP contribution in [0.5, 0.6) is 0 Å². The highest BCUT2D eigenvalue weighted by Crippen LogP contribution is 2.33. The Labute approximate surface area is 165 Å². The van der Waals surface area contributed by atoms with Crippen molar-refractivity contribution in [2.75, 3.05) is 20.1 Å². The van der Waals surface area contributed by atoms with Crippen molar-refractivity contribution in [3.63, 3.8) is 0 Å². The molecular weight excluding hydrogens is 360 g/mol. The van der Waals surface area contributed by atoms with E-state index in [-0.39, 0.29) is 17.7 Å². The summed E-state index contributed by atoms with van der Waals surface area (Å²) in [5.41, 5.74) is 7.49.